The molecule has 4 rings (SSSR count). The van der Waals surface area contributed by atoms with Crippen LogP contribution in [0.1, 0.15) is 42.0 Å². The number of aromatic amines is 1. The molecule has 0 bridgehead atoms. The summed E-state index contributed by atoms with van der Waals surface area (Å²) in [4.78, 5) is 19.1. The van der Waals surface area contributed by atoms with Crippen LogP contribution >= 0.6 is 11.8 Å². The average molecular weight is 473 g/mol. The number of H-pyrrole nitrogens is 1. The number of aliphatic hydroxyl groups is 1. The molecule has 174 valence electrons. The van der Waals surface area contributed by atoms with Crippen molar-refractivity contribution < 1.29 is 9.90 Å². The normalized spacial score (nSPS) is 12.5. The molecule has 34 heavy (non-hydrogen) atoms. The summed E-state index contributed by atoms with van der Waals surface area (Å²) in [5, 5.41) is 21.2. The van der Waals surface area contributed by atoms with Gasteiger partial charge in [0.2, 0.25) is 0 Å². The Kier molecular flexibility index (Phi) is 7.77. The van der Waals surface area contributed by atoms with E-state index in [1.807, 2.05) is 72.8 Å². The van der Waals surface area contributed by atoms with E-state index in [1.165, 1.54) is 11.8 Å². The van der Waals surface area contributed by atoms with E-state index in [0.29, 0.717) is 11.5 Å². The molecule has 4 aromatic rings. The molecule has 0 aliphatic rings. The maximum absolute atomic E-state index is 12.9. The predicted molar refractivity (Wildman–Crippen MR) is 138 cm³/mol. The number of hydrogen-bond donors (Lipinski definition) is 3. The molecular formula is C27H28N4O2S. The molecule has 0 saturated heterocycles. The maximum atomic E-state index is 12.9. The minimum atomic E-state index is -0.260. The number of fused-ring (bicyclic) bond motifs is 1. The fraction of sp³-hybridized carbons (Fsp3) is 0.222. The van der Waals surface area contributed by atoms with Crippen LogP contribution in [-0.4, -0.2) is 38.8 Å². The first-order chi connectivity index (χ1) is 16.5. The quantitative estimate of drug-likeness (QED) is 0.303. The summed E-state index contributed by atoms with van der Waals surface area (Å²) in [5.41, 5.74) is 3.23. The van der Waals surface area contributed by atoms with Gasteiger partial charge in [0.05, 0.1) is 35.1 Å². The largest absolute Gasteiger partial charge is 0.394 e. The Bertz CT molecular complexity index is 1280. The van der Waals surface area contributed by atoms with Gasteiger partial charge in [-0.1, -0.05) is 43.8 Å². The first-order valence-corrected chi connectivity index (χ1v) is 12.1. The molecule has 7 heteroatoms. The fourth-order valence-corrected chi connectivity index (χ4v) is 4.71. The van der Waals surface area contributed by atoms with Gasteiger partial charge in [-0.25, -0.2) is 0 Å². The van der Waals surface area contributed by atoms with E-state index in [-0.39, 0.29) is 18.6 Å². The smallest absolute Gasteiger partial charge is 0.252 e. The molecule has 2 aromatic heterocycles. The lowest BCUT2D eigenvalue weighted by Crippen LogP contribution is -2.38. The number of pyridine rings is 1. The van der Waals surface area contributed by atoms with Crippen LogP contribution in [-0.2, 0) is 0 Å². The van der Waals surface area contributed by atoms with Crippen LogP contribution in [0.5, 0.6) is 0 Å². The highest BCUT2D eigenvalue weighted by Gasteiger charge is 2.17. The first-order valence-electron chi connectivity index (χ1n) is 11.3. The monoisotopic (exact) mass is 472 g/mol. The fourth-order valence-electron chi connectivity index (χ4n) is 3.73. The summed E-state index contributed by atoms with van der Waals surface area (Å²) in [6, 6.07) is 19.2. The van der Waals surface area contributed by atoms with Gasteiger partial charge in [0, 0.05) is 21.4 Å². The second-order valence-corrected chi connectivity index (χ2v) is 9.60. The van der Waals surface area contributed by atoms with E-state index in [4.69, 9.17) is 0 Å². The van der Waals surface area contributed by atoms with Gasteiger partial charge in [-0.15, -0.1) is 0 Å². The van der Waals surface area contributed by atoms with Crippen molar-refractivity contribution in [2.24, 2.45) is 5.92 Å². The van der Waals surface area contributed by atoms with Crippen molar-refractivity contribution in [2.45, 2.75) is 36.1 Å². The number of amides is 1. The Labute approximate surface area is 203 Å². The third-order valence-electron chi connectivity index (χ3n) is 5.33. The molecule has 3 N–H and O–H groups in total. The topological polar surface area (TPSA) is 90.9 Å². The van der Waals surface area contributed by atoms with Crippen molar-refractivity contribution in [1.82, 2.24) is 20.5 Å². The zero-order valence-electron chi connectivity index (χ0n) is 19.2. The number of aromatic nitrogens is 3. The summed E-state index contributed by atoms with van der Waals surface area (Å²) >= 11 is 1.53. The molecular weight excluding hydrogens is 444 g/mol. The number of benzene rings is 2. The number of nitrogens with zero attached hydrogens (tertiary/aromatic N) is 2. The lowest BCUT2D eigenvalue weighted by atomic mass is 10.0. The summed E-state index contributed by atoms with van der Waals surface area (Å²) in [6.45, 7) is 4.07. The molecule has 6 nitrogen and oxygen atoms in total. The highest BCUT2D eigenvalue weighted by molar-refractivity contribution is 7.99. The highest BCUT2D eigenvalue weighted by atomic mass is 32.2. The van der Waals surface area contributed by atoms with Crippen LogP contribution in [0.3, 0.4) is 0 Å². The molecule has 0 spiro atoms. The number of carbonyl (C=O) groups excluding carboxylic acids is 1. The SMILES string of the molecule is CC(C)C[C@@H](CO)NC(=O)c1ccccc1Sc1ccc2c(/C=C/c3ccccn3)n[nH]c2c1. The molecule has 0 aliphatic carbocycles. The second kappa shape index (κ2) is 11.1. The Balaban J connectivity index is 1.52. The van der Waals surface area contributed by atoms with Gasteiger partial charge in [-0.3, -0.25) is 14.9 Å². The van der Waals surface area contributed by atoms with Crippen LogP contribution in [0.25, 0.3) is 23.1 Å². The van der Waals surface area contributed by atoms with Crippen molar-refractivity contribution in [1.29, 1.82) is 0 Å². The first kappa shape index (κ1) is 23.7. The third-order valence-corrected chi connectivity index (χ3v) is 6.40. The van der Waals surface area contributed by atoms with Crippen molar-refractivity contribution in [3.8, 4) is 0 Å². The molecule has 2 heterocycles. The minimum Gasteiger partial charge on any atom is -0.394 e. The van der Waals surface area contributed by atoms with Crippen molar-refractivity contribution in [3.63, 3.8) is 0 Å². The van der Waals surface area contributed by atoms with Gasteiger partial charge in [0.15, 0.2) is 0 Å². The van der Waals surface area contributed by atoms with Gasteiger partial charge in [-0.05, 0) is 67.0 Å². The van der Waals surface area contributed by atoms with E-state index in [9.17, 15) is 9.90 Å². The van der Waals surface area contributed by atoms with Crippen molar-refractivity contribution >= 4 is 40.7 Å². The molecule has 0 radical (unpaired) electrons. The molecule has 1 atom stereocenters. The van der Waals surface area contributed by atoms with E-state index in [0.717, 1.165) is 38.5 Å². The third kappa shape index (κ3) is 5.92. The number of nitrogens with one attached hydrogen (secondary N) is 2. The van der Waals surface area contributed by atoms with Crippen LogP contribution in [0, 0.1) is 5.92 Å². The van der Waals surface area contributed by atoms with E-state index in [2.05, 4.69) is 34.3 Å². The lowest BCUT2D eigenvalue weighted by Gasteiger charge is -2.19. The van der Waals surface area contributed by atoms with Gasteiger partial charge in [-0.2, -0.15) is 5.10 Å². The maximum Gasteiger partial charge on any atom is 0.252 e. The van der Waals surface area contributed by atoms with Gasteiger partial charge < -0.3 is 10.4 Å². The zero-order chi connectivity index (χ0) is 23.9. The molecule has 0 saturated carbocycles. The van der Waals surface area contributed by atoms with E-state index >= 15 is 0 Å². The molecule has 0 aliphatic heterocycles. The summed E-state index contributed by atoms with van der Waals surface area (Å²) in [7, 11) is 0. The van der Waals surface area contributed by atoms with Crippen LogP contribution in [0.2, 0.25) is 0 Å². The van der Waals surface area contributed by atoms with Gasteiger partial charge in [0.25, 0.3) is 5.91 Å². The van der Waals surface area contributed by atoms with Crippen LogP contribution in [0.4, 0.5) is 0 Å². The Morgan fingerprint density at radius 1 is 1.12 bits per heavy atom. The number of aliphatic hydroxyl groups excluding tert-OH is 1. The average Bonchev–Trinajstić information content (AvgIpc) is 3.25. The summed E-state index contributed by atoms with van der Waals surface area (Å²) < 4.78 is 0. The molecule has 1 amide bonds. The zero-order valence-corrected chi connectivity index (χ0v) is 20.0. The minimum absolute atomic E-state index is 0.0766. The standard InChI is InChI=1S/C27H28N4O2S/c1-18(2)15-20(17-32)29-27(33)23-8-3-4-9-26(23)34-21-11-12-22-24(30-31-25(22)16-21)13-10-19-7-5-6-14-28-19/h3-14,16,18,20,32H,15,17H2,1-2H3,(H,29,33)(H,30,31)/b13-10+/t20-/m0/s1. The molecule has 0 unspecified atom stereocenters. The number of hydrogen-bond acceptors (Lipinski definition) is 5. The Morgan fingerprint density at radius 2 is 1.94 bits per heavy atom. The van der Waals surface area contributed by atoms with Crippen molar-refractivity contribution in [2.75, 3.05) is 6.61 Å². The van der Waals surface area contributed by atoms with Crippen molar-refractivity contribution in [3.05, 3.63) is 83.8 Å². The second-order valence-electron chi connectivity index (χ2n) is 8.48. The van der Waals surface area contributed by atoms with E-state index < -0.39 is 0 Å². The number of carbonyl (C=O) groups is 1. The molecule has 0 fully saturated rings. The van der Waals surface area contributed by atoms with Crippen LogP contribution in [0.15, 0.2) is 76.7 Å². The van der Waals surface area contributed by atoms with Gasteiger partial charge >= 0.3 is 0 Å². The Hall–Kier alpha value is -3.42. The van der Waals surface area contributed by atoms with Crippen LogP contribution < -0.4 is 5.32 Å². The summed E-state index contributed by atoms with van der Waals surface area (Å²) in [6.07, 6.45) is 6.37. The summed E-state index contributed by atoms with van der Waals surface area (Å²) in [5.74, 6) is 0.208. The predicted octanol–water partition coefficient (Wildman–Crippen LogP) is 5.42. The number of rotatable bonds is 9. The van der Waals surface area contributed by atoms with Gasteiger partial charge in [0.1, 0.15) is 0 Å². The highest BCUT2D eigenvalue weighted by Crippen LogP contribution is 2.33. The lowest BCUT2D eigenvalue weighted by molar-refractivity contribution is 0.0905. The molecule has 2 aromatic carbocycles. The Morgan fingerprint density at radius 3 is 2.71 bits per heavy atom. The van der Waals surface area contributed by atoms with E-state index in [1.54, 1.807) is 6.20 Å².